The minimum Gasteiger partial charge on any atom is -0.367 e. The highest BCUT2D eigenvalue weighted by Gasteiger charge is 2.31. The third kappa shape index (κ3) is 5.23. The Labute approximate surface area is 157 Å². The van der Waals surface area contributed by atoms with Gasteiger partial charge in [0.1, 0.15) is 0 Å². The van der Waals surface area contributed by atoms with E-state index in [4.69, 9.17) is 0 Å². The molecule has 1 saturated heterocycles. The van der Waals surface area contributed by atoms with Crippen molar-refractivity contribution in [2.24, 2.45) is 0 Å². The second-order valence-electron chi connectivity index (χ2n) is 6.63. The summed E-state index contributed by atoms with van der Waals surface area (Å²) in [6, 6.07) is 13.8. The average Bonchev–Trinajstić information content (AvgIpc) is 3.09. The van der Waals surface area contributed by atoms with Gasteiger partial charge in [0.25, 0.3) is 0 Å². The van der Waals surface area contributed by atoms with Gasteiger partial charge in [0.2, 0.25) is 10.0 Å². The Balaban J connectivity index is 1.63. The molecule has 1 atom stereocenters. The largest absolute Gasteiger partial charge is 0.416 e. The van der Waals surface area contributed by atoms with E-state index in [1.54, 1.807) is 24.3 Å². The molecule has 3 rings (SSSR count). The minimum atomic E-state index is -4.37. The van der Waals surface area contributed by atoms with Crippen LogP contribution in [-0.4, -0.2) is 27.5 Å². The summed E-state index contributed by atoms with van der Waals surface area (Å²) in [7, 11) is -3.48. The molecule has 27 heavy (non-hydrogen) atoms. The van der Waals surface area contributed by atoms with E-state index in [1.165, 1.54) is 12.1 Å². The third-order valence-electron chi connectivity index (χ3n) is 4.64. The van der Waals surface area contributed by atoms with Crippen molar-refractivity contribution in [3.63, 3.8) is 0 Å². The summed E-state index contributed by atoms with van der Waals surface area (Å²) in [5, 5.41) is 0. The van der Waals surface area contributed by atoms with Gasteiger partial charge in [-0.3, -0.25) is 0 Å². The highest BCUT2D eigenvalue weighted by atomic mass is 32.2. The zero-order valence-corrected chi connectivity index (χ0v) is 15.4. The van der Waals surface area contributed by atoms with Crippen molar-refractivity contribution in [1.29, 1.82) is 0 Å². The first kappa shape index (κ1) is 19.7. The molecule has 0 aliphatic carbocycles. The van der Waals surface area contributed by atoms with Crippen molar-refractivity contribution in [1.82, 2.24) is 4.72 Å². The van der Waals surface area contributed by atoms with Gasteiger partial charge in [0.15, 0.2) is 0 Å². The lowest BCUT2D eigenvalue weighted by atomic mass is 10.1. The molecule has 1 aliphatic rings. The van der Waals surface area contributed by atoms with Gasteiger partial charge in [-0.2, -0.15) is 13.2 Å². The average molecular weight is 398 g/mol. The van der Waals surface area contributed by atoms with E-state index in [2.05, 4.69) is 4.72 Å². The lowest BCUT2D eigenvalue weighted by Crippen LogP contribution is -2.40. The van der Waals surface area contributed by atoms with Crippen molar-refractivity contribution in [2.75, 3.05) is 18.0 Å². The molecule has 2 aromatic carbocycles. The summed E-state index contributed by atoms with van der Waals surface area (Å²) in [5.74, 6) is -0.0964. The van der Waals surface area contributed by atoms with Gasteiger partial charge in [-0.25, -0.2) is 13.1 Å². The summed E-state index contributed by atoms with van der Waals surface area (Å²) in [4.78, 5) is 1.96. The smallest absolute Gasteiger partial charge is 0.367 e. The highest BCUT2D eigenvalue weighted by molar-refractivity contribution is 7.88. The fourth-order valence-corrected chi connectivity index (χ4v) is 4.48. The first-order chi connectivity index (χ1) is 12.7. The highest BCUT2D eigenvalue weighted by Crippen LogP contribution is 2.32. The van der Waals surface area contributed by atoms with Crippen LogP contribution >= 0.6 is 0 Å². The molecule has 0 amide bonds. The maximum Gasteiger partial charge on any atom is 0.416 e. The molecule has 0 unspecified atom stereocenters. The number of alkyl halides is 3. The van der Waals surface area contributed by atoms with E-state index in [1.807, 2.05) is 11.0 Å². The number of nitrogens with one attached hydrogen (secondary N) is 1. The minimum absolute atomic E-state index is 0.0766. The summed E-state index contributed by atoms with van der Waals surface area (Å²) < 4.78 is 65.4. The molecule has 0 bridgehead atoms. The van der Waals surface area contributed by atoms with Gasteiger partial charge >= 0.3 is 6.18 Å². The standard InChI is InChI=1S/C19H21F3N2O2S/c20-19(21,22)16-8-10-17(11-9-16)24-12-4-7-18(24)13-23-27(25,26)14-15-5-2-1-3-6-15/h1-3,5-6,8-11,18,23H,4,7,12-14H2/t18-/m1/s1. The van der Waals surface area contributed by atoms with Crippen LogP contribution < -0.4 is 9.62 Å². The van der Waals surface area contributed by atoms with Crippen LogP contribution in [-0.2, 0) is 22.0 Å². The Morgan fingerprint density at radius 2 is 1.70 bits per heavy atom. The molecule has 8 heteroatoms. The molecule has 1 heterocycles. The Morgan fingerprint density at radius 1 is 1.04 bits per heavy atom. The number of nitrogens with zero attached hydrogens (tertiary/aromatic N) is 1. The third-order valence-corrected chi connectivity index (χ3v) is 5.96. The predicted molar refractivity (Wildman–Crippen MR) is 98.9 cm³/mol. The van der Waals surface area contributed by atoms with Crippen LogP contribution in [0.4, 0.5) is 18.9 Å². The molecule has 0 radical (unpaired) electrons. The van der Waals surface area contributed by atoms with Crippen LogP contribution in [0.15, 0.2) is 54.6 Å². The van der Waals surface area contributed by atoms with Crippen LogP contribution in [0, 0.1) is 0 Å². The van der Waals surface area contributed by atoms with E-state index < -0.39 is 21.8 Å². The van der Waals surface area contributed by atoms with Gasteiger partial charge < -0.3 is 4.90 Å². The summed E-state index contributed by atoms with van der Waals surface area (Å²) in [6.07, 6.45) is -2.71. The quantitative estimate of drug-likeness (QED) is 0.805. The summed E-state index contributed by atoms with van der Waals surface area (Å²) in [6.45, 7) is 0.923. The monoisotopic (exact) mass is 398 g/mol. The Kier molecular flexibility index (Phi) is 5.76. The zero-order valence-electron chi connectivity index (χ0n) is 14.6. The van der Waals surface area contributed by atoms with E-state index in [0.29, 0.717) is 17.8 Å². The number of benzene rings is 2. The fraction of sp³-hybridized carbons (Fsp3) is 0.368. The van der Waals surface area contributed by atoms with E-state index >= 15 is 0 Å². The van der Waals surface area contributed by atoms with Gasteiger partial charge in [-0.05, 0) is 42.7 Å². The molecule has 146 valence electrons. The number of sulfonamides is 1. The molecule has 2 aromatic rings. The number of hydrogen-bond donors (Lipinski definition) is 1. The summed E-state index contributed by atoms with van der Waals surface area (Å²) in [5.41, 5.74) is 0.689. The van der Waals surface area contributed by atoms with Crippen molar-refractivity contribution in [3.8, 4) is 0 Å². The van der Waals surface area contributed by atoms with E-state index in [0.717, 1.165) is 25.0 Å². The van der Waals surface area contributed by atoms with Gasteiger partial charge in [0, 0.05) is 24.8 Å². The van der Waals surface area contributed by atoms with Gasteiger partial charge in [0.05, 0.1) is 11.3 Å². The predicted octanol–water partition coefficient (Wildman–Crippen LogP) is 3.79. The first-order valence-electron chi connectivity index (χ1n) is 8.70. The SMILES string of the molecule is O=S(=O)(Cc1ccccc1)NC[C@H]1CCCN1c1ccc(C(F)(F)F)cc1. The normalized spacial score (nSPS) is 18.0. The van der Waals surface area contributed by atoms with E-state index in [-0.39, 0.29) is 18.3 Å². The van der Waals surface area contributed by atoms with Crippen molar-refractivity contribution in [3.05, 3.63) is 65.7 Å². The molecule has 1 N–H and O–H groups in total. The molecular formula is C19H21F3N2O2S. The summed E-state index contributed by atoms with van der Waals surface area (Å²) >= 11 is 0. The number of rotatable bonds is 6. The van der Waals surface area contributed by atoms with Crippen LogP contribution in [0.3, 0.4) is 0 Å². The van der Waals surface area contributed by atoms with Crippen molar-refractivity contribution < 1.29 is 21.6 Å². The van der Waals surface area contributed by atoms with Crippen LogP contribution in [0.2, 0.25) is 0 Å². The number of halogens is 3. The van der Waals surface area contributed by atoms with Crippen LogP contribution in [0.1, 0.15) is 24.0 Å². The molecular weight excluding hydrogens is 377 g/mol. The first-order valence-corrected chi connectivity index (χ1v) is 10.3. The Morgan fingerprint density at radius 3 is 2.33 bits per heavy atom. The molecule has 0 saturated carbocycles. The molecule has 1 aliphatic heterocycles. The van der Waals surface area contributed by atoms with Crippen LogP contribution in [0.25, 0.3) is 0 Å². The number of anilines is 1. The van der Waals surface area contributed by atoms with Crippen molar-refractivity contribution in [2.45, 2.75) is 30.8 Å². The maximum atomic E-state index is 12.7. The topological polar surface area (TPSA) is 49.4 Å². The molecule has 0 aromatic heterocycles. The molecule has 1 fully saturated rings. The van der Waals surface area contributed by atoms with E-state index in [9.17, 15) is 21.6 Å². The zero-order chi connectivity index (χ0) is 19.5. The van der Waals surface area contributed by atoms with Gasteiger partial charge in [-0.1, -0.05) is 30.3 Å². The van der Waals surface area contributed by atoms with Crippen LogP contribution in [0.5, 0.6) is 0 Å². The maximum absolute atomic E-state index is 12.7. The Bertz CT molecular complexity index is 853. The lowest BCUT2D eigenvalue weighted by molar-refractivity contribution is -0.137. The fourth-order valence-electron chi connectivity index (χ4n) is 3.30. The Hall–Kier alpha value is -2.06. The second kappa shape index (κ2) is 7.90. The molecule has 4 nitrogen and oxygen atoms in total. The molecule has 0 spiro atoms. The lowest BCUT2D eigenvalue weighted by Gasteiger charge is -2.27. The number of hydrogen-bond acceptors (Lipinski definition) is 3. The van der Waals surface area contributed by atoms with Gasteiger partial charge in [-0.15, -0.1) is 0 Å². The van der Waals surface area contributed by atoms with Crippen molar-refractivity contribution >= 4 is 15.7 Å². The second-order valence-corrected chi connectivity index (χ2v) is 8.43.